The van der Waals surface area contributed by atoms with Crippen molar-refractivity contribution in [2.45, 2.75) is 38.5 Å². The second-order valence-corrected chi connectivity index (χ2v) is 5.04. The number of carboxylic acid groups (broad SMARTS) is 1. The minimum atomic E-state index is -1.06. The van der Waals surface area contributed by atoms with E-state index in [-0.39, 0.29) is 35.5 Å². The molecule has 1 aromatic carbocycles. The summed E-state index contributed by atoms with van der Waals surface area (Å²) in [5.41, 5.74) is 1.85. The number of aliphatic carboxylic acids is 1. The molecule has 1 saturated carbocycles. The predicted molar refractivity (Wildman–Crippen MR) is 65.9 cm³/mol. The first-order chi connectivity index (χ1) is 8.58. The predicted octanol–water partition coefficient (Wildman–Crippen LogP) is -1.54. The van der Waals surface area contributed by atoms with Gasteiger partial charge in [-0.1, -0.05) is 31.2 Å². The largest absolute Gasteiger partial charge is 1.00 e. The Kier molecular flexibility index (Phi) is 6.24. The van der Waals surface area contributed by atoms with Gasteiger partial charge >= 0.3 is 29.6 Å². The van der Waals surface area contributed by atoms with Crippen LogP contribution in [0.3, 0.4) is 0 Å². The van der Waals surface area contributed by atoms with Crippen molar-refractivity contribution in [2.75, 3.05) is 0 Å². The summed E-state index contributed by atoms with van der Waals surface area (Å²) in [5, 5.41) is 10.8. The maximum Gasteiger partial charge on any atom is 1.00 e. The van der Waals surface area contributed by atoms with Crippen molar-refractivity contribution in [2.24, 2.45) is 5.92 Å². The van der Waals surface area contributed by atoms with Gasteiger partial charge in [-0.15, -0.1) is 0 Å². The Bertz CT molecular complexity index is 453. The van der Waals surface area contributed by atoms with E-state index in [2.05, 4.69) is 0 Å². The third kappa shape index (κ3) is 4.16. The molecule has 4 heteroatoms. The average Bonchev–Trinajstić information content (AvgIpc) is 2.75. The fourth-order valence-electron chi connectivity index (χ4n) is 2.47. The summed E-state index contributed by atoms with van der Waals surface area (Å²) in [4.78, 5) is 22.3. The number of carbonyl (C=O) groups is 2. The molecule has 0 saturated heterocycles. The van der Waals surface area contributed by atoms with E-state index in [0.717, 1.165) is 30.4 Å². The Hall–Kier alpha value is -0.640. The summed E-state index contributed by atoms with van der Waals surface area (Å²) >= 11 is 0. The monoisotopic (exact) mass is 268 g/mol. The Morgan fingerprint density at radius 1 is 1.37 bits per heavy atom. The third-order valence-corrected chi connectivity index (χ3v) is 3.75. The molecule has 0 N–H and O–H groups in total. The molecule has 2 rings (SSSR count). The second-order valence-electron chi connectivity index (χ2n) is 5.04. The molecular formula is C15H17NaO3. The average molecular weight is 268 g/mol. The molecule has 0 radical (unpaired) electrons. The van der Waals surface area contributed by atoms with Crippen LogP contribution in [0, 0.1) is 5.92 Å². The van der Waals surface area contributed by atoms with Gasteiger partial charge in [0.15, 0.2) is 0 Å². The quantitative estimate of drug-likeness (QED) is 0.622. The Balaban J connectivity index is 0.00000180. The number of benzene rings is 1. The zero-order valence-electron chi connectivity index (χ0n) is 11.5. The van der Waals surface area contributed by atoms with Crippen LogP contribution in [0.5, 0.6) is 0 Å². The standard InChI is InChI=1S/C15H18O3.Na/c1-10(15(17)18)12-7-5-11(6-8-12)9-13-3-2-4-14(13)16;/h5-8,10,13H,2-4,9H2,1H3,(H,17,18);/q;+1/p-1/t10-,13+;/m1./s1. The number of Topliss-reactive ketones (excluding diaryl/α,β-unsaturated/α-hetero) is 1. The summed E-state index contributed by atoms with van der Waals surface area (Å²) < 4.78 is 0. The van der Waals surface area contributed by atoms with Crippen molar-refractivity contribution >= 4 is 11.8 Å². The van der Waals surface area contributed by atoms with Gasteiger partial charge in [0.25, 0.3) is 0 Å². The van der Waals surface area contributed by atoms with E-state index in [1.165, 1.54) is 0 Å². The van der Waals surface area contributed by atoms with E-state index < -0.39 is 11.9 Å². The molecule has 96 valence electrons. The first-order valence-corrected chi connectivity index (χ1v) is 6.40. The Morgan fingerprint density at radius 2 is 2.00 bits per heavy atom. The number of rotatable bonds is 4. The van der Waals surface area contributed by atoms with Gasteiger partial charge in [0.05, 0.1) is 0 Å². The Morgan fingerprint density at radius 3 is 2.47 bits per heavy atom. The number of hydrogen-bond acceptors (Lipinski definition) is 3. The smallest absolute Gasteiger partial charge is 0.550 e. The van der Waals surface area contributed by atoms with E-state index >= 15 is 0 Å². The zero-order chi connectivity index (χ0) is 13.1. The summed E-state index contributed by atoms with van der Waals surface area (Å²) in [6.07, 6.45) is 3.47. The summed E-state index contributed by atoms with van der Waals surface area (Å²) in [5.74, 6) is -1.13. The van der Waals surface area contributed by atoms with Gasteiger partial charge in [0, 0.05) is 24.2 Å². The maximum absolute atomic E-state index is 11.6. The van der Waals surface area contributed by atoms with Gasteiger partial charge in [-0.3, -0.25) is 4.79 Å². The SMILES string of the molecule is C[C@@H](C(=O)[O-])c1ccc(C[C@@H]2CCCC2=O)cc1.[Na+]. The fourth-order valence-corrected chi connectivity index (χ4v) is 2.47. The van der Waals surface area contributed by atoms with Gasteiger partial charge in [0.1, 0.15) is 5.78 Å². The molecule has 0 spiro atoms. The molecule has 0 aromatic heterocycles. The molecule has 1 aromatic rings. The molecule has 0 aliphatic heterocycles. The second kappa shape index (κ2) is 7.22. The van der Waals surface area contributed by atoms with E-state index in [1.54, 1.807) is 6.92 Å². The summed E-state index contributed by atoms with van der Waals surface area (Å²) in [6, 6.07) is 7.46. The molecule has 1 aliphatic carbocycles. The van der Waals surface area contributed by atoms with Crippen molar-refractivity contribution in [1.29, 1.82) is 0 Å². The molecule has 1 fully saturated rings. The van der Waals surface area contributed by atoms with Crippen LogP contribution < -0.4 is 34.7 Å². The molecule has 19 heavy (non-hydrogen) atoms. The van der Waals surface area contributed by atoms with Gasteiger partial charge in [-0.25, -0.2) is 0 Å². The molecule has 0 bridgehead atoms. The van der Waals surface area contributed by atoms with Crippen LogP contribution in [0.15, 0.2) is 24.3 Å². The van der Waals surface area contributed by atoms with Crippen LogP contribution in [0.4, 0.5) is 0 Å². The van der Waals surface area contributed by atoms with Crippen molar-refractivity contribution in [1.82, 2.24) is 0 Å². The number of carboxylic acids is 1. The summed E-state index contributed by atoms with van der Waals surface area (Å²) in [6.45, 7) is 1.62. The van der Waals surface area contributed by atoms with Crippen LogP contribution in [-0.2, 0) is 16.0 Å². The molecule has 1 aliphatic rings. The molecule has 2 atom stereocenters. The molecule has 0 unspecified atom stereocenters. The van der Waals surface area contributed by atoms with Gasteiger partial charge in [0.2, 0.25) is 0 Å². The maximum atomic E-state index is 11.6. The number of ketones is 1. The minimum absolute atomic E-state index is 0. The minimum Gasteiger partial charge on any atom is -0.550 e. The van der Waals surface area contributed by atoms with Crippen LogP contribution in [0.1, 0.15) is 43.2 Å². The Labute approximate surface area is 135 Å². The van der Waals surface area contributed by atoms with E-state index in [0.29, 0.717) is 12.2 Å². The van der Waals surface area contributed by atoms with Crippen LogP contribution in [0.25, 0.3) is 0 Å². The van der Waals surface area contributed by atoms with Crippen molar-refractivity contribution in [3.05, 3.63) is 35.4 Å². The fraction of sp³-hybridized carbons (Fsp3) is 0.467. The number of carbonyl (C=O) groups excluding carboxylic acids is 2. The first-order valence-electron chi connectivity index (χ1n) is 6.40. The molecule has 0 heterocycles. The van der Waals surface area contributed by atoms with Crippen LogP contribution in [0.2, 0.25) is 0 Å². The normalized spacial score (nSPS) is 19.8. The van der Waals surface area contributed by atoms with Crippen LogP contribution in [-0.4, -0.2) is 11.8 Å². The number of hydrogen-bond donors (Lipinski definition) is 0. The molecule has 0 amide bonds. The van der Waals surface area contributed by atoms with Crippen molar-refractivity contribution in [3.63, 3.8) is 0 Å². The van der Waals surface area contributed by atoms with Crippen molar-refractivity contribution < 1.29 is 44.3 Å². The topological polar surface area (TPSA) is 57.2 Å². The van der Waals surface area contributed by atoms with E-state index in [4.69, 9.17) is 0 Å². The zero-order valence-corrected chi connectivity index (χ0v) is 13.5. The van der Waals surface area contributed by atoms with Gasteiger partial charge in [-0.2, -0.15) is 0 Å². The summed E-state index contributed by atoms with van der Waals surface area (Å²) in [7, 11) is 0. The van der Waals surface area contributed by atoms with Crippen LogP contribution >= 0.6 is 0 Å². The van der Waals surface area contributed by atoms with Crippen molar-refractivity contribution in [3.8, 4) is 0 Å². The van der Waals surface area contributed by atoms with Gasteiger partial charge in [-0.05, 0) is 30.4 Å². The van der Waals surface area contributed by atoms with Gasteiger partial charge < -0.3 is 9.90 Å². The third-order valence-electron chi connectivity index (χ3n) is 3.75. The van der Waals surface area contributed by atoms with E-state index in [9.17, 15) is 14.7 Å². The van der Waals surface area contributed by atoms with E-state index in [1.807, 2.05) is 24.3 Å². The molecule has 3 nitrogen and oxygen atoms in total. The molecular weight excluding hydrogens is 251 g/mol. The first kappa shape index (κ1) is 16.4.